The van der Waals surface area contributed by atoms with Crippen molar-refractivity contribution in [2.24, 2.45) is 0 Å². The molecule has 0 bridgehead atoms. The summed E-state index contributed by atoms with van der Waals surface area (Å²) in [7, 11) is 0. The molecular formula is C43H27N3OS. The first-order valence-corrected chi connectivity index (χ1v) is 17.2. The van der Waals surface area contributed by atoms with Gasteiger partial charge >= 0.3 is 0 Å². The fraction of sp³-hybridized carbons (Fsp3) is 0.0698. The molecule has 4 nitrogen and oxygen atoms in total. The summed E-state index contributed by atoms with van der Waals surface area (Å²) in [5.74, 6) is 0.732. The summed E-state index contributed by atoms with van der Waals surface area (Å²) in [4.78, 5) is 10.6. The van der Waals surface area contributed by atoms with E-state index in [-0.39, 0.29) is 5.41 Å². The molecule has 0 N–H and O–H groups in total. The highest BCUT2D eigenvalue weighted by Crippen LogP contribution is 2.50. The Bertz CT molecular complexity index is 2990. The van der Waals surface area contributed by atoms with E-state index in [0.717, 1.165) is 61.0 Å². The van der Waals surface area contributed by atoms with Crippen LogP contribution in [-0.2, 0) is 5.41 Å². The summed E-state index contributed by atoms with van der Waals surface area (Å²) in [6, 6.07) is 45.4. The molecule has 0 atom stereocenters. The largest absolute Gasteiger partial charge is 0.454 e. The zero-order valence-corrected chi connectivity index (χ0v) is 27.1. The molecular weight excluding hydrogens is 607 g/mol. The number of rotatable bonds is 2. The van der Waals surface area contributed by atoms with E-state index >= 15 is 0 Å². The van der Waals surface area contributed by atoms with Crippen molar-refractivity contribution in [1.29, 1.82) is 0 Å². The molecule has 1 aliphatic rings. The molecule has 0 amide bonds. The zero-order valence-electron chi connectivity index (χ0n) is 26.3. The topological polar surface area (TPSA) is 43.9 Å². The van der Waals surface area contributed by atoms with E-state index in [4.69, 9.17) is 14.4 Å². The van der Waals surface area contributed by atoms with Crippen molar-refractivity contribution in [3.8, 4) is 28.3 Å². The standard InChI is InChI=1S/C43H27N3OS/c1-43(2)31-17-10-16-30-38(31)46(39-28-13-4-7-19-35(28)47-40(30)39)34-22-21-24(23-32(34)43)42-44-33-18-6-3-12-27(33)37(45-42)29-15-9-14-26-25-11-5-8-20-36(25)48-41(26)29/h3-23H,1-2H3. The van der Waals surface area contributed by atoms with E-state index in [1.54, 1.807) is 0 Å². The maximum atomic E-state index is 6.51. The van der Waals surface area contributed by atoms with Gasteiger partial charge in [0.25, 0.3) is 0 Å². The Hall–Kier alpha value is -5.78. The highest BCUT2D eigenvalue weighted by Gasteiger charge is 2.36. The highest BCUT2D eigenvalue weighted by atomic mass is 32.1. The third-order valence-electron chi connectivity index (χ3n) is 10.4. The van der Waals surface area contributed by atoms with Crippen LogP contribution in [-0.4, -0.2) is 14.5 Å². The van der Waals surface area contributed by atoms with Gasteiger partial charge in [0.05, 0.1) is 22.4 Å². The number of benzene rings is 6. The van der Waals surface area contributed by atoms with Gasteiger partial charge in [0, 0.05) is 52.9 Å². The molecule has 5 heteroatoms. The van der Waals surface area contributed by atoms with Crippen molar-refractivity contribution >= 4 is 75.4 Å². The number of thiophene rings is 1. The second kappa shape index (κ2) is 9.18. The Labute approximate surface area is 279 Å². The van der Waals surface area contributed by atoms with Crippen molar-refractivity contribution < 1.29 is 4.42 Å². The second-order valence-corrected chi connectivity index (χ2v) is 14.4. The number of hydrogen-bond acceptors (Lipinski definition) is 4. The molecule has 226 valence electrons. The van der Waals surface area contributed by atoms with Gasteiger partial charge in [0.15, 0.2) is 11.4 Å². The van der Waals surface area contributed by atoms with Crippen LogP contribution in [0.1, 0.15) is 25.0 Å². The van der Waals surface area contributed by atoms with Crippen LogP contribution in [0.25, 0.3) is 92.4 Å². The number of para-hydroxylation sites is 3. The maximum Gasteiger partial charge on any atom is 0.161 e. The quantitative estimate of drug-likeness (QED) is 0.190. The fourth-order valence-corrected chi connectivity index (χ4v) is 9.34. The third-order valence-corrected chi connectivity index (χ3v) is 11.6. The number of fused-ring (bicyclic) bond motifs is 11. The molecule has 4 aromatic heterocycles. The number of furan rings is 1. The lowest BCUT2D eigenvalue weighted by Crippen LogP contribution is -2.26. The molecule has 11 rings (SSSR count). The van der Waals surface area contributed by atoms with E-state index in [0.29, 0.717) is 0 Å². The molecule has 0 saturated carbocycles. The molecule has 5 heterocycles. The lowest BCUT2D eigenvalue weighted by molar-refractivity contribution is 0.630. The van der Waals surface area contributed by atoms with Crippen LogP contribution in [0, 0.1) is 0 Å². The van der Waals surface area contributed by atoms with Crippen LogP contribution < -0.4 is 0 Å². The first kappa shape index (κ1) is 26.3. The minimum atomic E-state index is -0.255. The predicted molar refractivity (Wildman–Crippen MR) is 200 cm³/mol. The first-order chi connectivity index (χ1) is 23.6. The molecule has 0 unspecified atom stereocenters. The number of nitrogens with zero attached hydrogens (tertiary/aromatic N) is 3. The molecule has 0 saturated heterocycles. The van der Waals surface area contributed by atoms with Crippen LogP contribution in [0.5, 0.6) is 0 Å². The molecule has 48 heavy (non-hydrogen) atoms. The maximum absolute atomic E-state index is 6.51. The van der Waals surface area contributed by atoms with Crippen LogP contribution >= 0.6 is 11.3 Å². The Morgan fingerprint density at radius 3 is 2.29 bits per heavy atom. The van der Waals surface area contributed by atoms with Gasteiger partial charge in [-0.3, -0.25) is 0 Å². The van der Waals surface area contributed by atoms with E-state index in [1.807, 2.05) is 17.4 Å². The van der Waals surface area contributed by atoms with Gasteiger partial charge in [-0.25, -0.2) is 9.97 Å². The first-order valence-electron chi connectivity index (χ1n) is 16.3. The van der Waals surface area contributed by atoms with Crippen molar-refractivity contribution in [1.82, 2.24) is 14.5 Å². The molecule has 0 spiro atoms. The smallest absolute Gasteiger partial charge is 0.161 e. The third kappa shape index (κ3) is 3.33. The van der Waals surface area contributed by atoms with Crippen molar-refractivity contribution in [2.45, 2.75) is 19.3 Å². The SMILES string of the molecule is CC1(C)c2cc(-c3nc(-c4cccc5c4sc4ccccc45)c4ccccc4n3)ccc2-n2c3c1cccc3c1oc3ccccc3c12. The van der Waals surface area contributed by atoms with Gasteiger partial charge < -0.3 is 8.98 Å². The average molecular weight is 634 g/mol. The van der Waals surface area contributed by atoms with Gasteiger partial charge in [-0.05, 0) is 59.7 Å². The summed E-state index contributed by atoms with van der Waals surface area (Å²) in [5, 5.41) is 5.89. The number of aromatic nitrogens is 3. The molecule has 6 aromatic carbocycles. The zero-order chi connectivity index (χ0) is 31.7. The predicted octanol–water partition coefficient (Wildman–Crippen LogP) is 11.8. The van der Waals surface area contributed by atoms with E-state index < -0.39 is 0 Å². The van der Waals surface area contributed by atoms with Crippen LogP contribution in [0.15, 0.2) is 132 Å². The highest BCUT2D eigenvalue weighted by molar-refractivity contribution is 7.26. The monoisotopic (exact) mass is 633 g/mol. The summed E-state index contributed by atoms with van der Waals surface area (Å²) in [6.45, 7) is 4.66. The Balaban J connectivity index is 1.18. The second-order valence-electron chi connectivity index (χ2n) is 13.4. The molecule has 1 aliphatic heterocycles. The lowest BCUT2D eigenvalue weighted by atomic mass is 9.74. The van der Waals surface area contributed by atoms with Gasteiger partial charge in [0.2, 0.25) is 0 Å². The van der Waals surface area contributed by atoms with Crippen molar-refractivity contribution in [3.63, 3.8) is 0 Å². The molecule has 0 aliphatic carbocycles. The van der Waals surface area contributed by atoms with Gasteiger partial charge in [-0.15, -0.1) is 11.3 Å². The Kier molecular flexibility index (Phi) is 5.03. The van der Waals surface area contributed by atoms with Crippen molar-refractivity contribution in [3.05, 3.63) is 139 Å². The van der Waals surface area contributed by atoms with E-state index in [9.17, 15) is 0 Å². The summed E-state index contributed by atoms with van der Waals surface area (Å²) < 4.78 is 11.5. The Morgan fingerprint density at radius 2 is 1.38 bits per heavy atom. The average Bonchev–Trinajstić information content (AvgIpc) is 3.79. The minimum Gasteiger partial charge on any atom is -0.454 e. The minimum absolute atomic E-state index is 0.255. The van der Waals surface area contributed by atoms with Crippen LogP contribution in [0.3, 0.4) is 0 Å². The lowest BCUT2D eigenvalue weighted by Gasteiger charge is -2.35. The Morgan fingerprint density at radius 1 is 0.625 bits per heavy atom. The number of hydrogen-bond donors (Lipinski definition) is 0. The fourth-order valence-electron chi connectivity index (χ4n) is 8.12. The molecule has 0 radical (unpaired) electrons. The molecule has 10 aromatic rings. The van der Waals surface area contributed by atoms with Gasteiger partial charge in [-0.2, -0.15) is 0 Å². The van der Waals surface area contributed by atoms with Gasteiger partial charge in [-0.1, -0.05) is 92.7 Å². The summed E-state index contributed by atoms with van der Waals surface area (Å²) in [6.07, 6.45) is 0. The van der Waals surface area contributed by atoms with Gasteiger partial charge in [0.1, 0.15) is 11.1 Å². The van der Waals surface area contributed by atoms with Crippen molar-refractivity contribution in [2.75, 3.05) is 0 Å². The summed E-state index contributed by atoms with van der Waals surface area (Å²) >= 11 is 1.84. The summed E-state index contributed by atoms with van der Waals surface area (Å²) in [5.41, 5.74) is 11.7. The van der Waals surface area contributed by atoms with E-state index in [1.165, 1.54) is 42.5 Å². The van der Waals surface area contributed by atoms with Crippen LogP contribution in [0.2, 0.25) is 0 Å². The normalized spacial score (nSPS) is 13.8. The molecule has 0 fully saturated rings. The van der Waals surface area contributed by atoms with E-state index in [2.05, 4.69) is 140 Å². The van der Waals surface area contributed by atoms with Crippen LogP contribution in [0.4, 0.5) is 0 Å².